The Labute approximate surface area is 128 Å². The Bertz CT molecular complexity index is 444. The van der Waals surface area contributed by atoms with Gasteiger partial charge in [-0.3, -0.25) is 0 Å². The lowest BCUT2D eigenvalue weighted by Crippen LogP contribution is -2.34. The Kier molecular flexibility index (Phi) is 6.73. The molecule has 0 aliphatic carbocycles. The lowest BCUT2D eigenvalue weighted by molar-refractivity contribution is 0.488. The molecule has 0 saturated carbocycles. The fourth-order valence-corrected chi connectivity index (χ4v) is 1.90. The second-order valence-electron chi connectivity index (χ2n) is 5.93. The first-order valence-corrected chi connectivity index (χ1v) is 7.66. The Balaban J connectivity index is 2.83. The van der Waals surface area contributed by atoms with Crippen LogP contribution in [-0.2, 0) is 0 Å². The fraction of sp³-hybridized carbons (Fsp3) is 0.471. The molecule has 0 atom stereocenters. The zero-order valence-electron chi connectivity index (χ0n) is 13.0. The van der Waals surface area contributed by atoms with Gasteiger partial charge < -0.3 is 10.6 Å². The highest BCUT2D eigenvalue weighted by atomic mass is 32.1. The van der Waals surface area contributed by atoms with E-state index in [0.29, 0.717) is 0 Å². The van der Waals surface area contributed by atoms with Crippen LogP contribution in [0.2, 0.25) is 0 Å². The van der Waals surface area contributed by atoms with E-state index in [1.54, 1.807) is 0 Å². The van der Waals surface area contributed by atoms with E-state index in [4.69, 9.17) is 12.2 Å². The third kappa shape index (κ3) is 6.20. The zero-order chi connectivity index (χ0) is 15.0. The molecule has 0 bridgehead atoms. The van der Waals surface area contributed by atoms with Gasteiger partial charge in [0.25, 0.3) is 0 Å². The fourth-order valence-electron chi connectivity index (χ4n) is 1.63. The first kappa shape index (κ1) is 16.7. The van der Waals surface area contributed by atoms with Crippen molar-refractivity contribution in [1.82, 2.24) is 10.6 Å². The summed E-state index contributed by atoms with van der Waals surface area (Å²) in [6.45, 7) is 9.55. The summed E-state index contributed by atoms with van der Waals surface area (Å²) in [7, 11) is 0. The monoisotopic (exact) mass is 290 g/mol. The minimum Gasteiger partial charge on any atom is -0.385 e. The molecule has 1 rings (SSSR count). The average Bonchev–Trinajstić information content (AvgIpc) is 2.42. The van der Waals surface area contributed by atoms with Gasteiger partial charge in [0.15, 0.2) is 0 Å². The van der Waals surface area contributed by atoms with Crippen LogP contribution in [0.5, 0.6) is 0 Å². The molecular formula is C17H26N2S. The van der Waals surface area contributed by atoms with E-state index in [2.05, 4.69) is 50.5 Å². The van der Waals surface area contributed by atoms with Gasteiger partial charge in [0.1, 0.15) is 0 Å². The van der Waals surface area contributed by atoms with E-state index in [9.17, 15) is 0 Å². The summed E-state index contributed by atoms with van der Waals surface area (Å²) in [6.07, 6.45) is 4.32. The summed E-state index contributed by atoms with van der Waals surface area (Å²) in [4.78, 5) is 0.860. The molecule has 0 spiro atoms. The Morgan fingerprint density at radius 3 is 2.40 bits per heavy atom. The van der Waals surface area contributed by atoms with Gasteiger partial charge in [0.2, 0.25) is 0 Å². The zero-order valence-corrected chi connectivity index (χ0v) is 13.8. The van der Waals surface area contributed by atoms with Crippen LogP contribution in [0.15, 0.2) is 42.2 Å². The molecule has 0 heterocycles. The van der Waals surface area contributed by atoms with Crippen molar-refractivity contribution in [2.24, 2.45) is 0 Å². The topological polar surface area (TPSA) is 24.1 Å². The smallest absolute Gasteiger partial charge is 0.0695 e. The first-order chi connectivity index (χ1) is 9.44. The van der Waals surface area contributed by atoms with Crippen LogP contribution in [0.3, 0.4) is 0 Å². The van der Waals surface area contributed by atoms with E-state index in [0.717, 1.165) is 29.1 Å². The van der Waals surface area contributed by atoms with E-state index in [1.807, 2.05) is 24.4 Å². The third-order valence-electron chi connectivity index (χ3n) is 2.78. The average molecular weight is 290 g/mol. The maximum Gasteiger partial charge on any atom is 0.0695 e. The molecule has 2 N–H and O–H groups in total. The van der Waals surface area contributed by atoms with E-state index in [1.165, 1.54) is 6.42 Å². The number of hydrogen-bond acceptors (Lipinski definition) is 3. The molecule has 110 valence electrons. The predicted molar refractivity (Wildman–Crippen MR) is 92.0 cm³/mol. The van der Waals surface area contributed by atoms with Gasteiger partial charge in [0, 0.05) is 18.3 Å². The summed E-state index contributed by atoms with van der Waals surface area (Å²) in [5.74, 6) is 0. The standard InChI is InChI=1S/C17H26N2S/c1-5-6-12-18-15(13-19-17(2,3)4)16(20)14-10-8-7-9-11-14/h7-11,13,18-19H,5-6,12H2,1-4H3. The van der Waals surface area contributed by atoms with Crippen LogP contribution in [0.1, 0.15) is 46.1 Å². The van der Waals surface area contributed by atoms with Crippen LogP contribution in [0.4, 0.5) is 0 Å². The minimum absolute atomic E-state index is 0.0317. The molecule has 0 aliphatic rings. The number of unbranched alkanes of at least 4 members (excludes halogenated alkanes) is 1. The molecule has 0 aliphatic heterocycles. The molecule has 3 heteroatoms. The molecule has 0 amide bonds. The number of nitrogens with one attached hydrogen (secondary N) is 2. The molecule has 0 aromatic heterocycles. The molecule has 2 nitrogen and oxygen atoms in total. The summed E-state index contributed by atoms with van der Waals surface area (Å²) in [6, 6.07) is 10.1. The number of thiocarbonyl (C=S) groups is 1. The van der Waals surface area contributed by atoms with E-state index in [-0.39, 0.29) is 5.54 Å². The van der Waals surface area contributed by atoms with Crippen molar-refractivity contribution in [3.8, 4) is 0 Å². The van der Waals surface area contributed by atoms with Crippen molar-refractivity contribution in [3.63, 3.8) is 0 Å². The molecule has 0 fully saturated rings. The molecular weight excluding hydrogens is 264 g/mol. The Morgan fingerprint density at radius 2 is 1.85 bits per heavy atom. The normalized spacial score (nSPS) is 12.1. The molecule has 1 aromatic carbocycles. The summed E-state index contributed by atoms with van der Waals surface area (Å²) >= 11 is 5.61. The number of hydrogen-bond donors (Lipinski definition) is 2. The van der Waals surface area contributed by atoms with Crippen LogP contribution < -0.4 is 10.6 Å². The number of benzene rings is 1. The number of rotatable bonds is 7. The van der Waals surface area contributed by atoms with Gasteiger partial charge in [-0.15, -0.1) is 0 Å². The third-order valence-corrected chi connectivity index (χ3v) is 3.23. The lowest BCUT2D eigenvalue weighted by Gasteiger charge is -2.21. The van der Waals surface area contributed by atoms with Crippen molar-refractivity contribution in [2.45, 2.75) is 46.1 Å². The molecule has 20 heavy (non-hydrogen) atoms. The van der Waals surface area contributed by atoms with Crippen molar-refractivity contribution in [2.75, 3.05) is 6.54 Å². The van der Waals surface area contributed by atoms with Crippen molar-refractivity contribution >= 4 is 17.1 Å². The van der Waals surface area contributed by atoms with Gasteiger partial charge in [-0.1, -0.05) is 55.9 Å². The minimum atomic E-state index is 0.0317. The quantitative estimate of drug-likeness (QED) is 0.343. The van der Waals surface area contributed by atoms with Gasteiger partial charge in [-0.05, 0) is 32.8 Å². The van der Waals surface area contributed by atoms with E-state index >= 15 is 0 Å². The van der Waals surface area contributed by atoms with Gasteiger partial charge >= 0.3 is 0 Å². The predicted octanol–water partition coefficient (Wildman–Crippen LogP) is 4.02. The number of allylic oxidation sites excluding steroid dienone is 1. The second-order valence-corrected chi connectivity index (χ2v) is 6.34. The van der Waals surface area contributed by atoms with Crippen LogP contribution in [0.25, 0.3) is 0 Å². The van der Waals surface area contributed by atoms with Gasteiger partial charge in [-0.25, -0.2) is 0 Å². The first-order valence-electron chi connectivity index (χ1n) is 7.25. The van der Waals surface area contributed by atoms with Crippen molar-refractivity contribution in [1.29, 1.82) is 0 Å². The van der Waals surface area contributed by atoms with Crippen LogP contribution in [0, 0.1) is 0 Å². The Morgan fingerprint density at radius 1 is 1.20 bits per heavy atom. The maximum atomic E-state index is 5.61. The van der Waals surface area contributed by atoms with E-state index < -0.39 is 0 Å². The molecule has 0 radical (unpaired) electrons. The Hall–Kier alpha value is -1.35. The SMILES string of the molecule is CCCCNC(=CNC(C)(C)C)C(=S)c1ccccc1. The highest BCUT2D eigenvalue weighted by Crippen LogP contribution is 2.09. The summed E-state index contributed by atoms with van der Waals surface area (Å²) < 4.78 is 0. The summed E-state index contributed by atoms with van der Waals surface area (Å²) in [5, 5.41) is 6.84. The van der Waals surface area contributed by atoms with Gasteiger partial charge in [-0.2, -0.15) is 0 Å². The van der Waals surface area contributed by atoms with Crippen molar-refractivity contribution in [3.05, 3.63) is 47.8 Å². The maximum absolute atomic E-state index is 5.61. The molecule has 0 saturated heterocycles. The lowest BCUT2D eigenvalue weighted by atomic mass is 10.1. The van der Waals surface area contributed by atoms with Gasteiger partial charge in [0.05, 0.1) is 10.6 Å². The molecule has 0 unspecified atom stereocenters. The highest BCUT2D eigenvalue weighted by Gasteiger charge is 2.10. The van der Waals surface area contributed by atoms with Crippen molar-refractivity contribution < 1.29 is 0 Å². The largest absolute Gasteiger partial charge is 0.385 e. The molecule has 1 aromatic rings. The van der Waals surface area contributed by atoms with Crippen LogP contribution in [-0.4, -0.2) is 16.9 Å². The second kappa shape index (κ2) is 8.05. The van der Waals surface area contributed by atoms with Crippen LogP contribution >= 0.6 is 12.2 Å². The highest BCUT2D eigenvalue weighted by molar-refractivity contribution is 7.81. The summed E-state index contributed by atoms with van der Waals surface area (Å²) in [5.41, 5.74) is 2.10.